The van der Waals surface area contributed by atoms with Gasteiger partial charge >= 0.3 is 11.9 Å². The Morgan fingerprint density at radius 3 is 2.10 bits per heavy atom. The highest BCUT2D eigenvalue weighted by Gasteiger charge is 2.31. The number of hydrogen-bond donors (Lipinski definition) is 8. The molecule has 1 aromatic heterocycles. The monoisotopic (exact) mass is 560 g/mol. The third-order valence-electron chi connectivity index (χ3n) is 6.09. The van der Waals surface area contributed by atoms with Crippen LogP contribution in [0.1, 0.15) is 45.1 Å². The van der Waals surface area contributed by atoms with Gasteiger partial charge in [-0.05, 0) is 30.4 Å². The molecule has 0 aliphatic carbocycles. The average molecular weight is 561 g/mol. The van der Waals surface area contributed by atoms with Crippen molar-refractivity contribution < 1.29 is 39.0 Å². The Morgan fingerprint density at radius 2 is 1.50 bits per heavy atom. The lowest BCUT2D eigenvalue weighted by Crippen LogP contribution is -2.58. The molecule has 2 rings (SSSR count). The number of carbonyl (C=O) groups excluding carboxylic acids is 4. The molecule has 0 saturated heterocycles. The largest absolute Gasteiger partial charge is 0.481 e. The summed E-state index contributed by atoms with van der Waals surface area (Å²) < 4.78 is 0. The lowest BCUT2D eigenvalue weighted by Gasteiger charge is -2.26. The first-order valence-electron chi connectivity index (χ1n) is 12.7. The molecule has 1 aromatic carbocycles. The van der Waals surface area contributed by atoms with Crippen molar-refractivity contribution in [2.24, 2.45) is 17.4 Å². The maximum absolute atomic E-state index is 13.4. The van der Waals surface area contributed by atoms with Gasteiger partial charge in [0.05, 0.1) is 12.5 Å². The van der Waals surface area contributed by atoms with Gasteiger partial charge in [0.15, 0.2) is 0 Å². The number of nitrogens with two attached hydrogens (primary N) is 2. The van der Waals surface area contributed by atoms with E-state index in [1.54, 1.807) is 12.3 Å². The van der Waals surface area contributed by atoms with Crippen molar-refractivity contribution in [1.82, 2.24) is 20.9 Å². The maximum Gasteiger partial charge on any atom is 0.326 e. The molecule has 4 atom stereocenters. The summed E-state index contributed by atoms with van der Waals surface area (Å²) in [7, 11) is 0. The molecule has 0 fully saturated rings. The lowest BCUT2D eigenvalue weighted by atomic mass is 10.00. The molecule has 10 N–H and O–H groups in total. The molecule has 40 heavy (non-hydrogen) atoms. The van der Waals surface area contributed by atoms with Gasteiger partial charge in [0, 0.05) is 29.9 Å². The van der Waals surface area contributed by atoms with E-state index in [1.807, 2.05) is 32.0 Å². The zero-order valence-corrected chi connectivity index (χ0v) is 22.3. The second-order valence-corrected chi connectivity index (χ2v) is 9.92. The summed E-state index contributed by atoms with van der Waals surface area (Å²) in [4.78, 5) is 76.0. The quantitative estimate of drug-likeness (QED) is 0.130. The number of H-pyrrole nitrogens is 1. The van der Waals surface area contributed by atoms with Crippen molar-refractivity contribution in [3.63, 3.8) is 0 Å². The number of carbonyl (C=O) groups is 6. The number of amides is 4. The van der Waals surface area contributed by atoms with E-state index in [-0.39, 0.29) is 25.2 Å². The molecule has 14 heteroatoms. The first-order chi connectivity index (χ1) is 18.8. The highest BCUT2D eigenvalue weighted by atomic mass is 16.4. The fourth-order valence-electron chi connectivity index (χ4n) is 4.09. The summed E-state index contributed by atoms with van der Waals surface area (Å²) in [5.41, 5.74) is 12.3. The van der Waals surface area contributed by atoms with Crippen LogP contribution in [0.2, 0.25) is 0 Å². The van der Waals surface area contributed by atoms with Crippen LogP contribution in [0.25, 0.3) is 10.9 Å². The number of primary amides is 1. The molecule has 0 aliphatic rings. The standard InChI is InChI=1S/C26H36N6O8/c1-13(2)9-19(31-23(36)16(27)11-21(28)33)24(37)32-20(10-14-12-29-17-6-4-3-5-15(14)17)25(38)30-18(26(39)40)7-8-22(34)35/h3-6,12-13,16,18-20,29H,7-11,27H2,1-2H3,(H2,28,33)(H,30,38)(H,31,36)(H,32,37)(H,34,35)(H,39,40). The molecule has 218 valence electrons. The zero-order valence-electron chi connectivity index (χ0n) is 22.3. The molecule has 0 saturated carbocycles. The fraction of sp³-hybridized carbons (Fsp3) is 0.462. The van der Waals surface area contributed by atoms with Gasteiger partial charge in [-0.15, -0.1) is 0 Å². The van der Waals surface area contributed by atoms with Gasteiger partial charge in [-0.3, -0.25) is 24.0 Å². The van der Waals surface area contributed by atoms with E-state index < -0.39 is 72.6 Å². The number of benzene rings is 1. The second-order valence-electron chi connectivity index (χ2n) is 9.92. The number of rotatable bonds is 16. The van der Waals surface area contributed by atoms with E-state index in [0.717, 1.165) is 10.9 Å². The summed E-state index contributed by atoms with van der Waals surface area (Å²) in [6, 6.07) is 2.03. The lowest BCUT2D eigenvalue weighted by molar-refractivity contribution is -0.143. The fourth-order valence-corrected chi connectivity index (χ4v) is 4.09. The van der Waals surface area contributed by atoms with Crippen molar-refractivity contribution >= 4 is 46.5 Å². The minimum atomic E-state index is -1.51. The van der Waals surface area contributed by atoms with Gasteiger partial charge in [-0.1, -0.05) is 32.0 Å². The summed E-state index contributed by atoms with van der Waals surface area (Å²) >= 11 is 0. The normalized spacial score (nSPS) is 14.1. The van der Waals surface area contributed by atoms with Crippen LogP contribution in [0.3, 0.4) is 0 Å². The van der Waals surface area contributed by atoms with E-state index in [4.69, 9.17) is 16.6 Å². The van der Waals surface area contributed by atoms with Crippen LogP contribution in [0.15, 0.2) is 30.5 Å². The molecule has 1 heterocycles. The molecule has 0 spiro atoms. The Balaban J connectivity index is 2.32. The first-order valence-corrected chi connectivity index (χ1v) is 12.7. The van der Waals surface area contributed by atoms with Crippen molar-refractivity contribution in [3.8, 4) is 0 Å². The predicted molar refractivity (Wildman–Crippen MR) is 144 cm³/mol. The van der Waals surface area contributed by atoms with E-state index in [2.05, 4.69) is 20.9 Å². The minimum absolute atomic E-state index is 0.0452. The topological polar surface area (TPSA) is 247 Å². The molecule has 4 unspecified atom stereocenters. The molecule has 0 bridgehead atoms. The van der Waals surface area contributed by atoms with Crippen LogP contribution in [0, 0.1) is 5.92 Å². The van der Waals surface area contributed by atoms with Gasteiger partial charge in [-0.25, -0.2) is 4.79 Å². The Kier molecular flexibility index (Phi) is 11.6. The van der Waals surface area contributed by atoms with E-state index in [9.17, 15) is 33.9 Å². The van der Waals surface area contributed by atoms with Crippen LogP contribution in [0.4, 0.5) is 0 Å². The first kappa shape index (κ1) is 31.8. The van der Waals surface area contributed by atoms with Gasteiger partial charge in [0.25, 0.3) is 0 Å². The molecular weight excluding hydrogens is 524 g/mol. The number of carboxylic acids is 2. The number of hydrogen-bond acceptors (Lipinski definition) is 7. The summed E-state index contributed by atoms with van der Waals surface area (Å²) in [6.45, 7) is 3.62. The van der Waals surface area contributed by atoms with Crippen molar-refractivity contribution in [3.05, 3.63) is 36.0 Å². The SMILES string of the molecule is CC(C)CC(NC(=O)C(N)CC(N)=O)C(=O)NC(Cc1c[nH]c2ccccc12)C(=O)NC(CCC(=O)O)C(=O)O. The minimum Gasteiger partial charge on any atom is -0.481 e. The van der Waals surface area contributed by atoms with Crippen molar-refractivity contribution in [1.29, 1.82) is 0 Å². The Morgan fingerprint density at radius 1 is 0.900 bits per heavy atom. The average Bonchev–Trinajstić information content (AvgIpc) is 3.27. The van der Waals surface area contributed by atoms with Crippen LogP contribution in [0.5, 0.6) is 0 Å². The van der Waals surface area contributed by atoms with E-state index >= 15 is 0 Å². The highest BCUT2D eigenvalue weighted by molar-refractivity contribution is 5.95. The van der Waals surface area contributed by atoms with Gasteiger partial charge in [0.2, 0.25) is 23.6 Å². The Bertz CT molecular complexity index is 1240. The summed E-state index contributed by atoms with van der Waals surface area (Å²) in [5, 5.41) is 26.6. The zero-order chi connectivity index (χ0) is 30.0. The van der Waals surface area contributed by atoms with Gasteiger partial charge in [0.1, 0.15) is 18.1 Å². The van der Waals surface area contributed by atoms with E-state index in [0.29, 0.717) is 5.56 Å². The number of carboxylic acid groups (broad SMARTS) is 2. The number of para-hydroxylation sites is 1. The third kappa shape index (κ3) is 9.69. The van der Waals surface area contributed by atoms with Crippen LogP contribution in [-0.4, -0.2) is 74.9 Å². The smallest absolute Gasteiger partial charge is 0.326 e. The number of aromatic amines is 1. The van der Waals surface area contributed by atoms with Crippen molar-refractivity contribution in [2.45, 2.75) is 70.1 Å². The Labute approximate surface area is 230 Å². The number of aliphatic carboxylic acids is 2. The summed E-state index contributed by atoms with van der Waals surface area (Å²) in [5.74, 6) is -5.89. The molecule has 0 radical (unpaired) electrons. The molecule has 0 aliphatic heterocycles. The van der Waals surface area contributed by atoms with Crippen LogP contribution in [-0.2, 0) is 35.2 Å². The molecule has 2 aromatic rings. The Hall–Kier alpha value is -4.46. The number of fused-ring (bicyclic) bond motifs is 1. The van der Waals surface area contributed by atoms with Crippen LogP contribution < -0.4 is 27.4 Å². The molecule has 4 amide bonds. The van der Waals surface area contributed by atoms with Crippen LogP contribution >= 0.6 is 0 Å². The molecule has 14 nitrogen and oxygen atoms in total. The predicted octanol–water partition coefficient (Wildman–Crippen LogP) is -0.637. The highest BCUT2D eigenvalue weighted by Crippen LogP contribution is 2.19. The number of nitrogens with one attached hydrogen (secondary N) is 4. The summed E-state index contributed by atoms with van der Waals surface area (Å²) in [6.07, 6.45) is 0.487. The van der Waals surface area contributed by atoms with E-state index in [1.165, 1.54) is 0 Å². The number of aromatic nitrogens is 1. The second kappa shape index (κ2) is 14.6. The third-order valence-corrected chi connectivity index (χ3v) is 6.09. The van der Waals surface area contributed by atoms with Crippen molar-refractivity contribution in [2.75, 3.05) is 0 Å². The molecular formula is C26H36N6O8. The van der Waals surface area contributed by atoms with Gasteiger partial charge < -0.3 is 42.6 Å². The van der Waals surface area contributed by atoms with Gasteiger partial charge in [-0.2, -0.15) is 0 Å². The maximum atomic E-state index is 13.4.